The number of benzene rings is 9. The zero-order chi connectivity index (χ0) is 34.4. The highest BCUT2D eigenvalue weighted by molar-refractivity contribution is 6.15. The molecule has 10 rings (SSSR count). The summed E-state index contributed by atoms with van der Waals surface area (Å²) < 4.78 is 2.45. The van der Waals surface area contributed by atoms with Gasteiger partial charge in [-0.2, -0.15) is 0 Å². The van der Waals surface area contributed by atoms with Crippen LogP contribution in [0.2, 0.25) is 0 Å². The van der Waals surface area contributed by atoms with Crippen LogP contribution in [-0.4, -0.2) is 4.57 Å². The second-order valence-electron chi connectivity index (χ2n) is 13.4. The van der Waals surface area contributed by atoms with Crippen LogP contribution in [0.5, 0.6) is 0 Å². The number of hydrogen-bond acceptors (Lipinski definition) is 1. The van der Waals surface area contributed by atoms with Gasteiger partial charge in [0, 0.05) is 38.8 Å². The number of para-hydroxylation sites is 2. The summed E-state index contributed by atoms with van der Waals surface area (Å²) in [7, 11) is 0. The molecule has 10 aromatic rings. The van der Waals surface area contributed by atoms with Gasteiger partial charge in [-0.1, -0.05) is 164 Å². The average Bonchev–Trinajstić information content (AvgIpc) is 3.57. The van der Waals surface area contributed by atoms with Crippen molar-refractivity contribution >= 4 is 60.4 Å². The summed E-state index contributed by atoms with van der Waals surface area (Å²) in [6.45, 7) is 0. The van der Waals surface area contributed by atoms with Crippen molar-refractivity contribution in [3.63, 3.8) is 0 Å². The van der Waals surface area contributed by atoms with E-state index in [1.54, 1.807) is 0 Å². The fourth-order valence-corrected chi connectivity index (χ4v) is 7.99. The van der Waals surface area contributed by atoms with Gasteiger partial charge in [-0.05, 0) is 75.3 Å². The standard InChI is InChI=1S/C50H34N2/c1-3-15-35(16-4-1)36-29-31-39(32-30-36)51(49-33-38-19-7-8-22-42(38)44-23-9-10-24-45(44)49)40-20-13-21-41(34-40)52-48-28-12-11-25-46(48)47-27-14-26-43(50(47)52)37-17-5-2-6-18-37/h1-34H. The molecule has 0 aliphatic heterocycles. The maximum Gasteiger partial charge on any atom is 0.0619 e. The monoisotopic (exact) mass is 662 g/mol. The molecule has 0 amide bonds. The summed E-state index contributed by atoms with van der Waals surface area (Å²) in [6, 6.07) is 74.7. The molecule has 1 heterocycles. The van der Waals surface area contributed by atoms with Crippen molar-refractivity contribution in [3.8, 4) is 27.9 Å². The molecule has 52 heavy (non-hydrogen) atoms. The summed E-state index contributed by atoms with van der Waals surface area (Å²) in [6.07, 6.45) is 0. The third kappa shape index (κ3) is 4.96. The molecule has 0 unspecified atom stereocenters. The van der Waals surface area contributed by atoms with Gasteiger partial charge in [-0.25, -0.2) is 0 Å². The van der Waals surface area contributed by atoms with Crippen molar-refractivity contribution in [1.82, 2.24) is 4.57 Å². The molecule has 2 heteroatoms. The molecule has 0 aliphatic carbocycles. The lowest BCUT2D eigenvalue weighted by molar-refractivity contribution is 1.17. The summed E-state index contributed by atoms with van der Waals surface area (Å²) >= 11 is 0. The fraction of sp³-hybridized carbons (Fsp3) is 0. The predicted molar refractivity (Wildman–Crippen MR) is 221 cm³/mol. The van der Waals surface area contributed by atoms with E-state index in [-0.39, 0.29) is 0 Å². The normalized spacial score (nSPS) is 11.5. The van der Waals surface area contributed by atoms with Crippen LogP contribution in [0.1, 0.15) is 0 Å². The Morgan fingerprint density at radius 3 is 1.73 bits per heavy atom. The van der Waals surface area contributed by atoms with Gasteiger partial charge in [0.25, 0.3) is 0 Å². The summed E-state index contributed by atoms with van der Waals surface area (Å²) in [5.41, 5.74) is 11.7. The molecular formula is C50H34N2. The van der Waals surface area contributed by atoms with Crippen molar-refractivity contribution in [1.29, 1.82) is 0 Å². The van der Waals surface area contributed by atoms with Gasteiger partial charge < -0.3 is 9.47 Å². The van der Waals surface area contributed by atoms with Crippen molar-refractivity contribution in [2.24, 2.45) is 0 Å². The highest BCUT2D eigenvalue weighted by Crippen LogP contribution is 2.44. The Kier molecular flexibility index (Phi) is 7.18. The molecule has 9 aromatic carbocycles. The minimum atomic E-state index is 1.09. The van der Waals surface area contributed by atoms with Crippen LogP contribution in [0, 0.1) is 0 Å². The van der Waals surface area contributed by atoms with Crippen molar-refractivity contribution in [2.75, 3.05) is 4.90 Å². The highest BCUT2D eigenvalue weighted by atomic mass is 15.1. The third-order valence-electron chi connectivity index (χ3n) is 10.3. The lowest BCUT2D eigenvalue weighted by Crippen LogP contribution is -2.11. The van der Waals surface area contributed by atoms with Crippen LogP contribution in [0.3, 0.4) is 0 Å². The summed E-state index contributed by atoms with van der Waals surface area (Å²) in [5.74, 6) is 0. The lowest BCUT2D eigenvalue weighted by atomic mass is 9.98. The van der Waals surface area contributed by atoms with Crippen LogP contribution < -0.4 is 4.90 Å². The van der Waals surface area contributed by atoms with Crippen molar-refractivity contribution < 1.29 is 0 Å². The van der Waals surface area contributed by atoms with E-state index < -0.39 is 0 Å². The van der Waals surface area contributed by atoms with E-state index in [2.05, 4.69) is 216 Å². The Morgan fingerprint density at radius 1 is 0.346 bits per heavy atom. The maximum absolute atomic E-state index is 2.45. The molecule has 1 aromatic heterocycles. The average molecular weight is 663 g/mol. The van der Waals surface area contributed by atoms with Gasteiger partial charge in [-0.3, -0.25) is 0 Å². The molecule has 0 bridgehead atoms. The number of hydrogen-bond donors (Lipinski definition) is 0. The van der Waals surface area contributed by atoms with Crippen LogP contribution in [-0.2, 0) is 0 Å². The van der Waals surface area contributed by atoms with Gasteiger partial charge in [-0.15, -0.1) is 0 Å². The van der Waals surface area contributed by atoms with Crippen LogP contribution in [0.4, 0.5) is 17.1 Å². The zero-order valence-electron chi connectivity index (χ0n) is 28.5. The molecule has 0 spiro atoms. The molecular weight excluding hydrogens is 629 g/mol. The van der Waals surface area contributed by atoms with Gasteiger partial charge in [0.05, 0.1) is 16.7 Å². The Hall–Kier alpha value is -6.90. The first-order chi connectivity index (χ1) is 25.8. The van der Waals surface area contributed by atoms with E-state index in [9.17, 15) is 0 Å². The fourth-order valence-electron chi connectivity index (χ4n) is 7.99. The summed E-state index contributed by atoms with van der Waals surface area (Å²) in [5, 5.41) is 7.42. The highest BCUT2D eigenvalue weighted by Gasteiger charge is 2.20. The first-order valence-electron chi connectivity index (χ1n) is 17.9. The molecule has 0 saturated heterocycles. The molecule has 0 fully saturated rings. The van der Waals surface area contributed by atoms with Crippen LogP contribution >= 0.6 is 0 Å². The molecule has 0 aliphatic rings. The molecule has 0 radical (unpaired) electrons. The molecule has 0 saturated carbocycles. The first kappa shape index (κ1) is 30.0. The van der Waals surface area contributed by atoms with Gasteiger partial charge >= 0.3 is 0 Å². The zero-order valence-corrected chi connectivity index (χ0v) is 28.5. The number of fused-ring (bicyclic) bond motifs is 6. The van der Waals surface area contributed by atoms with Gasteiger partial charge in [0.1, 0.15) is 0 Å². The van der Waals surface area contributed by atoms with E-state index in [4.69, 9.17) is 0 Å². The quantitative estimate of drug-likeness (QED) is 0.161. The molecule has 244 valence electrons. The maximum atomic E-state index is 2.45. The smallest absolute Gasteiger partial charge is 0.0619 e. The van der Waals surface area contributed by atoms with Gasteiger partial charge in [0.2, 0.25) is 0 Å². The van der Waals surface area contributed by atoms with E-state index in [1.165, 1.54) is 65.6 Å². The van der Waals surface area contributed by atoms with Gasteiger partial charge in [0.15, 0.2) is 0 Å². The topological polar surface area (TPSA) is 8.17 Å². The Balaban J connectivity index is 1.23. The Morgan fingerprint density at radius 2 is 0.942 bits per heavy atom. The largest absolute Gasteiger partial charge is 0.310 e. The van der Waals surface area contributed by atoms with Crippen LogP contribution in [0.15, 0.2) is 206 Å². The second-order valence-corrected chi connectivity index (χ2v) is 13.4. The first-order valence-corrected chi connectivity index (χ1v) is 17.9. The minimum absolute atomic E-state index is 1.09. The number of aromatic nitrogens is 1. The summed E-state index contributed by atoms with van der Waals surface area (Å²) in [4.78, 5) is 2.43. The van der Waals surface area contributed by atoms with E-state index in [0.717, 1.165) is 22.7 Å². The van der Waals surface area contributed by atoms with E-state index in [1.807, 2.05) is 0 Å². The molecule has 0 N–H and O–H groups in total. The van der Waals surface area contributed by atoms with E-state index in [0.29, 0.717) is 0 Å². The van der Waals surface area contributed by atoms with E-state index >= 15 is 0 Å². The van der Waals surface area contributed by atoms with Crippen molar-refractivity contribution in [3.05, 3.63) is 206 Å². The number of nitrogens with zero attached hydrogens (tertiary/aromatic N) is 2. The predicted octanol–water partition coefficient (Wildman–Crippen LogP) is 13.9. The molecule has 0 atom stereocenters. The minimum Gasteiger partial charge on any atom is -0.310 e. The van der Waals surface area contributed by atoms with Crippen LogP contribution in [0.25, 0.3) is 71.3 Å². The lowest BCUT2D eigenvalue weighted by Gasteiger charge is -2.28. The Bertz CT molecular complexity index is 2890. The molecule has 2 nitrogen and oxygen atoms in total. The third-order valence-corrected chi connectivity index (χ3v) is 10.3. The number of anilines is 3. The Labute approximate surface area is 303 Å². The van der Waals surface area contributed by atoms with Crippen molar-refractivity contribution in [2.45, 2.75) is 0 Å². The second kappa shape index (κ2) is 12.5. The SMILES string of the molecule is c1ccc(-c2ccc(N(c3cccc(-n4c5ccccc5c5cccc(-c6ccccc6)c54)c3)c3cc4ccccc4c4ccccc34)cc2)cc1. The number of rotatable bonds is 6.